The first-order chi connectivity index (χ1) is 35.8. The Morgan fingerprint density at radius 2 is 1.33 bits per heavy atom. The average molecular weight is 1080 g/mol. The van der Waals surface area contributed by atoms with Crippen molar-refractivity contribution in [2.24, 2.45) is 0 Å². The summed E-state index contributed by atoms with van der Waals surface area (Å²) in [6.45, 7) is 6.55. The summed E-state index contributed by atoms with van der Waals surface area (Å²) in [6.07, 6.45) is 6.14. The second kappa shape index (κ2) is 16.1. The molecule has 0 fully saturated rings. The van der Waals surface area contributed by atoms with Gasteiger partial charge in [-0.3, -0.25) is 0 Å². The van der Waals surface area contributed by atoms with Crippen LogP contribution in [0.1, 0.15) is 68.3 Å². The minimum absolute atomic E-state index is 0.0791. The quantitative estimate of drug-likeness (QED) is 0.159. The van der Waals surface area contributed by atoms with Crippen molar-refractivity contribution in [2.75, 3.05) is 0 Å². The van der Waals surface area contributed by atoms with E-state index in [4.69, 9.17) is 16.6 Å². The predicted molar refractivity (Wildman–Crippen MR) is 278 cm³/mol. The van der Waals surface area contributed by atoms with Gasteiger partial charge in [0.05, 0.1) is 6.85 Å². The van der Waals surface area contributed by atoms with Crippen LogP contribution in [0.25, 0.3) is 72.3 Å². The first-order valence-electron chi connectivity index (χ1n) is 26.2. The van der Waals surface area contributed by atoms with Gasteiger partial charge in [0.25, 0.3) is 0 Å². The summed E-state index contributed by atoms with van der Waals surface area (Å²) in [4.78, 5) is 4.91. The third-order valence-electron chi connectivity index (χ3n) is 14.6. The zero-order valence-corrected chi connectivity index (χ0v) is 40.8. The van der Waals surface area contributed by atoms with Crippen molar-refractivity contribution in [3.63, 3.8) is 0 Å². The van der Waals surface area contributed by atoms with Gasteiger partial charge in [-0.1, -0.05) is 57.0 Å². The molecule has 69 heavy (non-hydrogen) atoms. The maximum atomic E-state index is 8.78. The van der Waals surface area contributed by atoms with Crippen molar-refractivity contribution in [1.29, 1.82) is 0 Å². The molecule has 2 aliphatic rings. The van der Waals surface area contributed by atoms with Gasteiger partial charge < -0.3 is 0 Å². The molecule has 1 spiro atoms. The molecule has 11 aromatic rings. The summed E-state index contributed by atoms with van der Waals surface area (Å²) in [5.41, 5.74) is 16.0. The zero-order valence-electron chi connectivity index (χ0n) is 43.5. The number of benzene rings is 8. The summed E-state index contributed by atoms with van der Waals surface area (Å²) < 4.78 is 57.5. The van der Waals surface area contributed by atoms with Crippen LogP contribution in [0.4, 0.5) is 0 Å². The summed E-state index contributed by atoms with van der Waals surface area (Å²) >= 11 is 2.54. The van der Waals surface area contributed by atoms with E-state index >= 15 is 0 Å². The molecule has 13 rings (SSSR count). The topological polar surface area (TPSA) is 36.9 Å². The molecule has 0 saturated heterocycles. The van der Waals surface area contributed by atoms with Crippen LogP contribution in [0.15, 0.2) is 200 Å². The number of hydrogen-bond donors (Lipinski definition) is 0. The molecule has 0 N–H and O–H groups in total. The number of ether oxygens (including phenoxy) is 1. The van der Waals surface area contributed by atoms with Crippen LogP contribution in [0.3, 0.4) is 0 Å². The molecule has 2 aliphatic carbocycles. The molecule has 0 amide bonds. The molecule has 0 bridgehead atoms. The number of fused-ring (bicyclic) bond motifs is 8. The fraction of sp³-hybridized carbons (Fsp3) is 0.143. The summed E-state index contributed by atoms with van der Waals surface area (Å²) in [5, 5.41) is 1.76. The average Bonchev–Trinajstić information content (AvgIpc) is 4.17. The molecule has 3 heterocycles. The Morgan fingerprint density at radius 1 is 0.580 bits per heavy atom. The van der Waals surface area contributed by atoms with E-state index in [9.17, 15) is 0 Å². The van der Waals surface area contributed by atoms with Crippen LogP contribution in [-0.4, -0.2) is 18.7 Å². The number of aryl methyl sites for hydroxylation is 2. The van der Waals surface area contributed by atoms with Crippen LogP contribution >= 0.6 is 0 Å². The standard InChI is InChI=1S/C63H50N4O.Pt/c1-62(2,3)47-33-36-64-59(38-47)67-55-30-26-46(42-15-6-4-7-16-42)37-53(55)52-29-27-50(40-58(52)67)68-49-21-14-20-48(39-49)65-41-66(57-24-13-12-23-56(57)65)61-51(43-17-8-5-9-18-43)28-25-45-32-35-63(60(45)61)34-31-44-19-10-11-22-54(44)63;/h4-30,33,36-40H,31-32,34-35H2,1-3H3;/i4D,6D,7D,15D,16D;. The normalized spacial score (nSPS) is 16.4. The van der Waals surface area contributed by atoms with Crippen LogP contribution in [0, 0.1) is 3.80 Å². The molecule has 3 aromatic heterocycles. The van der Waals surface area contributed by atoms with Crippen LogP contribution in [0.5, 0.6) is 11.5 Å². The molecule has 0 aliphatic heterocycles. The van der Waals surface area contributed by atoms with Gasteiger partial charge in [0.15, 0.2) is 0 Å². The third-order valence-corrected chi connectivity index (χ3v) is 15.6. The number of rotatable bonds is 7. The van der Waals surface area contributed by atoms with Crippen molar-refractivity contribution in [1.82, 2.24) is 18.7 Å². The van der Waals surface area contributed by atoms with E-state index in [1.807, 2.05) is 54.7 Å². The van der Waals surface area contributed by atoms with E-state index in [-0.39, 0.29) is 40.6 Å². The molecule has 1 unspecified atom stereocenters. The van der Waals surface area contributed by atoms with Crippen molar-refractivity contribution in [3.8, 4) is 50.9 Å². The van der Waals surface area contributed by atoms with Crippen molar-refractivity contribution in [3.05, 3.63) is 232 Å². The Balaban J connectivity index is 0.957. The minimum atomic E-state index is -0.416. The second-order valence-electron chi connectivity index (χ2n) is 19.5. The molecule has 0 radical (unpaired) electrons. The van der Waals surface area contributed by atoms with E-state index in [1.165, 1.54) is 39.1 Å². The molecule has 5 nitrogen and oxygen atoms in total. The Bertz CT molecular complexity index is 4170. The van der Waals surface area contributed by atoms with Gasteiger partial charge in [0.1, 0.15) is 0 Å². The Kier molecular flexibility index (Phi) is 8.58. The Labute approximate surface area is 420 Å². The van der Waals surface area contributed by atoms with Gasteiger partial charge in [-0.15, -0.1) is 0 Å². The number of imidazole rings is 1. The number of para-hydroxylation sites is 2. The van der Waals surface area contributed by atoms with Gasteiger partial charge in [-0.2, -0.15) is 0 Å². The zero-order chi connectivity index (χ0) is 50.8. The maximum absolute atomic E-state index is 8.78. The van der Waals surface area contributed by atoms with Gasteiger partial charge in [0, 0.05) is 6.20 Å². The van der Waals surface area contributed by atoms with Crippen LogP contribution < -0.4 is 4.74 Å². The molecular weight excluding hydrogens is 1020 g/mol. The Morgan fingerprint density at radius 3 is 2.16 bits per heavy atom. The first-order valence-corrected chi connectivity index (χ1v) is 24.8. The summed E-state index contributed by atoms with van der Waals surface area (Å²) in [5.74, 6) is 2.04. The van der Waals surface area contributed by atoms with Gasteiger partial charge in [0.2, 0.25) is 0 Å². The molecule has 1 atom stereocenters. The van der Waals surface area contributed by atoms with Gasteiger partial charge in [-0.25, -0.2) is 0 Å². The molecule has 338 valence electrons. The van der Waals surface area contributed by atoms with Crippen molar-refractivity contribution >= 4 is 32.8 Å². The Hall–Kier alpha value is -7.33. The van der Waals surface area contributed by atoms with E-state index in [0.717, 1.165) is 79.4 Å². The van der Waals surface area contributed by atoms with E-state index in [1.54, 1.807) is 0 Å². The number of aromatic nitrogens is 4. The fourth-order valence-corrected chi connectivity index (χ4v) is 12.5. The van der Waals surface area contributed by atoms with Gasteiger partial charge >= 0.3 is 324 Å². The number of nitrogens with zero attached hydrogens (tertiary/aromatic N) is 4. The van der Waals surface area contributed by atoms with Gasteiger partial charge in [-0.05, 0) is 28.2 Å². The summed E-state index contributed by atoms with van der Waals surface area (Å²) in [7, 11) is 0. The second-order valence-corrected chi connectivity index (χ2v) is 20.5. The monoisotopic (exact) mass is 1080 g/mol. The number of hydrogen-bond acceptors (Lipinski definition) is 2. The molecule has 0 saturated carbocycles. The predicted octanol–water partition coefficient (Wildman–Crippen LogP) is 15.6. The minimum Gasteiger partial charge on any atom is -0.0617 e. The third kappa shape index (κ3) is 6.77. The first kappa shape index (κ1) is 36.7. The molecular formula is C63H50N4OPt. The molecule has 8 aromatic carbocycles. The van der Waals surface area contributed by atoms with Crippen LogP contribution in [0.2, 0.25) is 0 Å². The summed E-state index contributed by atoms with van der Waals surface area (Å²) in [6, 6.07) is 56.0. The van der Waals surface area contributed by atoms with E-state index in [0.29, 0.717) is 17.1 Å². The SMILES string of the molecule is [2H]c1c([2H])c([2H])c(-c2ccc3c(c2)c2ccc(Oc4cccc(-n5[c](=[Pt])n(-c6c(-c7ccccc7)ccc7c6C6(CCc8ccccc86)CC7)c6ccccc65)c4)cc2n3-c2cc(C(C)(C)C)ccn2)c([2H])c1[2H]. The van der Waals surface area contributed by atoms with Crippen molar-refractivity contribution in [2.45, 2.75) is 57.3 Å². The van der Waals surface area contributed by atoms with Crippen molar-refractivity contribution < 1.29 is 30.9 Å². The van der Waals surface area contributed by atoms with Crippen LogP contribution in [-0.2, 0) is 43.0 Å². The number of pyridine rings is 1. The smallest absolute Gasteiger partial charge is 0.0617 e. The van der Waals surface area contributed by atoms with E-state index < -0.39 is 6.04 Å². The molecule has 6 heteroatoms. The fourth-order valence-electron chi connectivity index (χ4n) is 11.4. The van der Waals surface area contributed by atoms with E-state index in [2.05, 4.69) is 169 Å².